The first-order valence-electron chi connectivity index (χ1n) is 1.01. The van der Waals surface area contributed by atoms with Crippen LogP contribution in [0.4, 0.5) is 17.6 Å². The van der Waals surface area contributed by atoms with Gasteiger partial charge in [-0.15, -0.1) is 0 Å². The van der Waals surface area contributed by atoms with Crippen LogP contribution in [-0.4, -0.2) is 0 Å². The molecule has 0 aliphatic heterocycles. The van der Waals surface area contributed by atoms with Crippen molar-refractivity contribution in [3.63, 3.8) is 0 Å². The van der Waals surface area contributed by atoms with Crippen molar-refractivity contribution < 1.29 is 37.0 Å². The maximum atomic E-state index is 10.3. The summed E-state index contributed by atoms with van der Waals surface area (Å²) < 4.78 is 41.1. The molecule has 0 spiro atoms. The zero-order valence-electron chi connectivity index (χ0n) is 2.87. The van der Waals surface area contributed by atoms with Gasteiger partial charge in [0.25, 0.3) is 0 Å². The molecule has 0 nitrogen and oxygen atoms in total. The van der Waals surface area contributed by atoms with Gasteiger partial charge in [0.05, 0.1) is 0 Å². The van der Waals surface area contributed by atoms with E-state index in [-0.39, 0.29) is 19.5 Å². The molecule has 0 radical (unpaired) electrons. The minimum absolute atomic E-state index is 0. The Morgan fingerprint density at radius 1 is 0.714 bits per heavy atom. The SMILES string of the molecule is FC(F)=C(F)F.[Ru]. The zero-order valence-corrected chi connectivity index (χ0v) is 4.60. The summed E-state index contributed by atoms with van der Waals surface area (Å²) >= 11 is 0. The van der Waals surface area contributed by atoms with Gasteiger partial charge in [-0.25, -0.2) is 0 Å². The average Bonchev–Trinajstić information content (AvgIpc) is 1.36. The molecule has 0 saturated carbocycles. The third-order valence-electron chi connectivity index (χ3n) is 0.143. The van der Waals surface area contributed by atoms with Crippen molar-refractivity contribution in [3.05, 3.63) is 12.2 Å². The molecule has 0 fully saturated rings. The zero-order chi connectivity index (χ0) is 5.15. The van der Waals surface area contributed by atoms with Crippen LogP contribution in [0.1, 0.15) is 0 Å². The van der Waals surface area contributed by atoms with Crippen LogP contribution >= 0.6 is 0 Å². The molecule has 0 aliphatic rings. The molecule has 0 aromatic carbocycles. The molecule has 0 atom stereocenters. The van der Waals surface area contributed by atoms with Gasteiger partial charge >= 0.3 is 12.2 Å². The molecule has 0 N–H and O–H groups in total. The molecular weight excluding hydrogens is 201 g/mol. The van der Waals surface area contributed by atoms with E-state index in [0.717, 1.165) is 0 Å². The van der Waals surface area contributed by atoms with E-state index < -0.39 is 12.2 Å². The molecule has 0 heterocycles. The monoisotopic (exact) mass is 202 g/mol. The van der Waals surface area contributed by atoms with E-state index in [0.29, 0.717) is 0 Å². The maximum absolute atomic E-state index is 10.3. The van der Waals surface area contributed by atoms with Crippen molar-refractivity contribution in [1.82, 2.24) is 0 Å². The Bertz CT molecular complexity index is 59.8. The van der Waals surface area contributed by atoms with Gasteiger partial charge in [0.15, 0.2) is 0 Å². The Kier molecular flexibility index (Phi) is 6.16. The van der Waals surface area contributed by atoms with E-state index in [4.69, 9.17) is 0 Å². The maximum Gasteiger partial charge on any atom is 0.334 e. The summed E-state index contributed by atoms with van der Waals surface area (Å²) in [7, 11) is 0. The second kappa shape index (κ2) is 4.25. The van der Waals surface area contributed by atoms with Crippen LogP contribution in [-0.2, 0) is 19.5 Å². The van der Waals surface area contributed by atoms with Crippen LogP contribution in [0, 0.1) is 0 Å². The molecule has 0 unspecified atom stereocenters. The van der Waals surface area contributed by atoms with E-state index >= 15 is 0 Å². The van der Waals surface area contributed by atoms with Crippen LogP contribution in [0.2, 0.25) is 0 Å². The van der Waals surface area contributed by atoms with Crippen LogP contribution in [0.3, 0.4) is 0 Å². The molecule has 0 amide bonds. The number of halogens is 4. The molecule has 0 rings (SSSR count). The van der Waals surface area contributed by atoms with Crippen LogP contribution < -0.4 is 0 Å². The third kappa shape index (κ3) is 6.08. The van der Waals surface area contributed by atoms with Crippen molar-refractivity contribution in [3.8, 4) is 0 Å². The van der Waals surface area contributed by atoms with E-state index in [1.54, 1.807) is 0 Å². The van der Waals surface area contributed by atoms with Crippen molar-refractivity contribution in [1.29, 1.82) is 0 Å². The Morgan fingerprint density at radius 2 is 0.857 bits per heavy atom. The summed E-state index contributed by atoms with van der Waals surface area (Å²) in [5.41, 5.74) is 0. The summed E-state index contributed by atoms with van der Waals surface area (Å²) in [5.74, 6) is 0. The van der Waals surface area contributed by atoms with Gasteiger partial charge in [-0.2, -0.15) is 17.6 Å². The van der Waals surface area contributed by atoms with Gasteiger partial charge in [0, 0.05) is 19.5 Å². The third-order valence-corrected chi connectivity index (χ3v) is 0.143. The van der Waals surface area contributed by atoms with Gasteiger partial charge in [-0.05, 0) is 0 Å². The Balaban J connectivity index is 0. The summed E-state index contributed by atoms with van der Waals surface area (Å²) in [6.07, 6.45) is -5.81. The van der Waals surface area contributed by atoms with Crippen LogP contribution in [0.25, 0.3) is 0 Å². The standard InChI is InChI=1S/C2F4.Ru/c3-1(4)2(5)6;. The smallest absolute Gasteiger partial charge is 0.167 e. The van der Waals surface area contributed by atoms with E-state index in [9.17, 15) is 17.6 Å². The molecule has 0 aliphatic carbocycles. The summed E-state index contributed by atoms with van der Waals surface area (Å²) in [6, 6.07) is 0. The fourth-order valence-electron chi connectivity index (χ4n) is 0. The Labute approximate surface area is 50.0 Å². The summed E-state index contributed by atoms with van der Waals surface area (Å²) in [5, 5.41) is 0. The number of rotatable bonds is 0. The number of hydrogen-bond acceptors (Lipinski definition) is 0. The predicted octanol–water partition coefficient (Wildman–Crippen LogP) is 1.99. The predicted molar refractivity (Wildman–Crippen MR) is 11.5 cm³/mol. The average molecular weight is 201 g/mol. The molecule has 0 aromatic rings. The molecule has 0 bridgehead atoms. The quantitative estimate of drug-likeness (QED) is 0.415. The fraction of sp³-hybridized carbons (Fsp3) is 0. The fourth-order valence-corrected chi connectivity index (χ4v) is 0. The van der Waals surface area contributed by atoms with Gasteiger partial charge in [0.1, 0.15) is 0 Å². The van der Waals surface area contributed by atoms with Crippen LogP contribution in [0.15, 0.2) is 12.2 Å². The molecule has 7 heavy (non-hydrogen) atoms. The van der Waals surface area contributed by atoms with Crippen molar-refractivity contribution in [2.45, 2.75) is 0 Å². The van der Waals surface area contributed by atoms with Crippen LogP contribution in [0.5, 0.6) is 0 Å². The normalized spacial score (nSPS) is 6.86. The molecule has 5 heteroatoms. The molecule has 44 valence electrons. The van der Waals surface area contributed by atoms with Crippen molar-refractivity contribution in [2.75, 3.05) is 0 Å². The first-order valence-corrected chi connectivity index (χ1v) is 1.01. The van der Waals surface area contributed by atoms with E-state index in [1.807, 2.05) is 0 Å². The van der Waals surface area contributed by atoms with E-state index in [2.05, 4.69) is 0 Å². The van der Waals surface area contributed by atoms with E-state index in [1.165, 1.54) is 0 Å². The first kappa shape index (κ1) is 10.1. The van der Waals surface area contributed by atoms with Gasteiger partial charge in [-0.3, -0.25) is 0 Å². The first-order chi connectivity index (χ1) is 2.64. The molecular formula is C2F4Ru. The molecule has 0 aromatic heterocycles. The number of hydrogen-bond donors (Lipinski definition) is 0. The summed E-state index contributed by atoms with van der Waals surface area (Å²) in [4.78, 5) is 0. The second-order valence-corrected chi connectivity index (χ2v) is 0.521. The van der Waals surface area contributed by atoms with Crippen molar-refractivity contribution >= 4 is 0 Å². The summed E-state index contributed by atoms with van der Waals surface area (Å²) in [6.45, 7) is 0. The minimum Gasteiger partial charge on any atom is -0.167 e. The largest absolute Gasteiger partial charge is 0.334 e. The Morgan fingerprint density at radius 3 is 0.857 bits per heavy atom. The topological polar surface area (TPSA) is 0 Å². The minimum atomic E-state index is -2.91. The second-order valence-electron chi connectivity index (χ2n) is 0.521. The molecule has 0 saturated heterocycles. The van der Waals surface area contributed by atoms with Gasteiger partial charge in [0.2, 0.25) is 0 Å². The van der Waals surface area contributed by atoms with Crippen molar-refractivity contribution in [2.24, 2.45) is 0 Å². The Hall–Kier alpha value is 0.0834. The van der Waals surface area contributed by atoms with Gasteiger partial charge in [-0.1, -0.05) is 0 Å². The van der Waals surface area contributed by atoms with Gasteiger partial charge < -0.3 is 0 Å².